The van der Waals surface area contributed by atoms with Gasteiger partial charge in [0.25, 0.3) is 0 Å². The number of ether oxygens (including phenoxy) is 1. The lowest BCUT2D eigenvalue weighted by Gasteiger charge is -2.41. The molecule has 2 unspecified atom stereocenters. The van der Waals surface area contributed by atoms with Crippen molar-refractivity contribution in [3.8, 4) is 16.8 Å². The number of aryl methyl sites for hydroxylation is 1. The largest absolute Gasteiger partial charge is 0.418 e. The summed E-state index contributed by atoms with van der Waals surface area (Å²) in [6, 6.07) is 3.02. The monoisotopic (exact) mass is 644 g/mol. The zero-order valence-electron chi connectivity index (χ0n) is 21.6. The van der Waals surface area contributed by atoms with E-state index >= 15 is 0 Å². The van der Waals surface area contributed by atoms with Crippen LogP contribution < -0.4 is 0 Å². The first-order valence-electron chi connectivity index (χ1n) is 12.3. The molecule has 1 fully saturated rings. The molecule has 4 aromatic rings. The fourth-order valence-electron chi connectivity index (χ4n) is 4.87. The molecule has 0 spiro atoms. The van der Waals surface area contributed by atoms with Gasteiger partial charge in [0.2, 0.25) is 0 Å². The topological polar surface area (TPSA) is 123 Å². The number of hydrogen-bond donors (Lipinski definition) is 3. The lowest BCUT2D eigenvalue weighted by Crippen LogP contribution is -2.53. The average molecular weight is 645 g/mol. The van der Waals surface area contributed by atoms with Crippen molar-refractivity contribution < 1.29 is 42.0 Å². The van der Waals surface area contributed by atoms with Crippen molar-refractivity contribution in [3.63, 3.8) is 0 Å². The van der Waals surface area contributed by atoms with E-state index in [0.29, 0.717) is 0 Å². The quantitative estimate of drug-likeness (QED) is 0.159. The van der Waals surface area contributed by atoms with Gasteiger partial charge in [-0.05, 0) is 47.9 Å². The molecule has 0 amide bonds. The van der Waals surface area contributed by atoms with Crippen molar-refractivity contribution in [2.24, 2.45) is 0 Å². The Balaban J connectivity index is 1.63. The van der Waals surface area contributed by atoms with E-state index in [1.165, 1.54) is 6.92 Å². The molecule has 0 saturated carbocycles. The first-order chi connectivity index (χ1) is 20.2. The molecule has 17 heteroatoms. The molecule has 5 rings (SSSR count). The van der Waals surface area contributed by atoms with Crippen LogP contribution in [0.4, 0.5) is 27.8 Å². The standard InChI is InChI=1S/C26H19Cl2F5N6O4/c1-10-35-25(39(36-10)17-7-12(27)3-4-14(17)26(31,32)33)23-22(42)20(21(41)18(9-40)43-23)38-8-13(24(34-2)37-38)11-5-15(29)19(28)16(30)6-11/h3-8,18,20-23,40-42H,9H2,1H3/t18?,20-,21-,22?,23+/m0/s1. The molecule has 2 aromatic heterocycles. The second-order valence-corrected chi connectivity index (χ2v) is 10.4. The van der Waals surface area contributed by atoms with Crippen LogP contribution in [-0.4, -0.2) is 64.8 Å². The number of alkyl halides is 3. The van der Waals surface area contributed by atoms with Crippen LogP contribution in [0, 0.1) is 25.1 Å². The van der Waals surface area contributed by atoms with Gasteiger partial charge in [0.05, 0.1) is 17.9 Å². The summed E-state index contributed by atoms with van der Waals surface area (Å²) in [5.41, 5.74) is -1.86. The number of aliphatic hydroxyl groups is 3. The van der Waals surface area contributed by atoms with Gasteiger partial charge in [-0.2, -0.15) is 23.0 Å². The van der Waals surface area contributed by atoms with Crippen molar-refractivity contribution >= 4 is 29.0 Å². The number of halogens is 7. The molecule has 10 nitrogen and oxygen atoms in total. The minimum Gasteiger partial charge on any atom is -0.394 e. The van der Waals surface area contributed by atoms with Gasteiger partial charge in [0.15, 0.2) is 5.82 Å². The normalized spacial score (nSPS) is 22.5. The Labute approximate surface area is 249 Å². The predicted molar refractivity (Wildman–Crippen MR) is 141 cm³/mol. The number of rotatable bonds is 5. The van der Waals surface area contributed by atoms with E-state index in [1.807, 2.05) is 0 Å². The van der Waals surface area contributed by atoms with Gasteiger partial charge in [-0.3, -0.25) is 0 Å². The molecule has 1 saturated heterocycles. The Bertz CT molecular complexity index is 1720. The summed E-state index contributed by atoms with van der Waals surface area (Å²) in [5.74, 6) is -2.92. The summed E-state index contributed by atoms with van der Waals surface area (Å²) in [7, 11) is 0. The zero-order valence-corrected chi connectivity index (χ0v) is 23.1. The third-order valence-corrected chi connectivity index (χ3v) is 7.39. The molecule has 226 valence electrons. The molecular formula is C26H19Cl2F5N6O4. The third kappa shape index (κ3) is 5.57. The van der Waals surface area contributed by atoms with Crippen LogP contribution in [0.5, 0.6) is 0 Å². The highest BCUT2D eigenvalue weighted by atomic mass is 35.5. The highest BCUT2D eigenvalue weighted by molar-refractivity contribution is 6.31. The van der Waals surface area contributed by atoms with Crippen LogP contribution in [-0.2, 0) is 10.9 Å². The van der Waals surface area contributed by atoms with Crippen molar-refractivity contribution in [1.82, 2.24) is 24.5 Å². The van der Waals surface area contributed by atoms with Crippen molar-refractivity contribution in [2.75, 3.05) is 6.61 Å². The van der Waals surface area contributed by atoms with Gasteiger partial charge >= 0.3 is 12.0 Å². The number of aliphatic hydroxyl groups excluding tert-OH is 3. The van der Waals surface area contributed by atoms with Crippen molar-refractivity contribution in [3.05, 3.63) is 86.8 Å². The average Bonchev–Trinajstić information content (AvgIpc) is 3.54. The first kappa shape index (κ1) is 30.8. The van der Waals surface area contributed by atoms with Crippen molar-refractivity contribution in [1.29, 1.82) is 0 Å². The fourth-order valence-corrected chi connectivity index (χ4v) is 5.15. The molecule has 5 atom stereocenters. The minimum absolute atomic E-state index is 0.00872. The lowest BCUT2D eigenvalue weighted by molar-refractivity contribution is -0.210. The van der Waals surface area contributed by atoms with E-state index in [2.05, 4.69) is 20.0 Å². The highest BCUT2D eigenvalue weighted by Gasteiger charge is 2.49. The van der Waals surface area contributed by atoms with Crippen LogP contribution >= 0.6 is 23.2 Å². The predicted octanol–water partition coefficient (Wildman–Crippen LogP) is 4.99. The third-order valence-electron chi connectivity index (χ3n) is 6.80. The van der Waals surface area contributed by atoms with Gasteiger partial charge in [0.1, 0.15) is 52.9 Å². The Hall–Kier alpha value is -3.65. The maximum Gasteiger partial charge on any atom is 0.418 e. The lowest BCUT2D eigenvalue weighted by atomic mass is 9.92. The summed E-state index contributed by atoms with van der Waals surface area (Å²) < 4.78 is 77.6. The molecule has 0 bridgehead atoms. The second kappa shape index (κ2) is 11.5. The first-order valence-corrected chi connectivity index (χ1v) is 13.0. The van der Waals surface area contributed by atoms with E-state index in [4.69, 9.17) is 34.5 Å². The number of nitrogens with zero attached hydrogens (tertiary/aromatic N) is 6. The second-order valence-electron chi connectivity index (χ2n) is 9.55. The molecule has 2 aromatic carbocycles. The fraction of sp³-hybridized carbons (Fsp3) is 0.308. The van der Waals surface area contributed by atoms with E-state index in [0.717, 1.165) is 45.9 Å². The summed E-state index contributed by atoms with van der Waals surface area (Å²) in [6.07, 6.45) is -10.2. The summed E-state index contributed by atoms with van der Waals surface area (Å²) in [5, 5.41) is 39.8. The van der Waals surface area contributed by atoms with E-state index < -0.39 is 71.1 Å². The smallest absolute Gasteiger partial charge is 0.394 e. The number of hydrogen-bond acceptors (Lipinski definition) is 7. The number of benzene rings is 2. The Morgan fingerprint density at radius 3 is 2.35 bits per heavy atom. The van der Waals surface area contributed by atoms with E-state index in [-0.39, 0.29) is 33.6 Å². The van der Waals surface area contributed by atoms with Gasteiger partial charge in [0, 0.05) is 16.8 Å². The van der Waals surface area contributed by atoms with Crippen LogP contribution in [0.3, 0.4) is 0 Å². The molecule has 1 aliphatic rings. The zero-order chi connectivity index (χ0) is 31.4. The summed E-state index contributed by atoms with van der Waals surface area (Å²) in [4.78, 5) is 7.43. The van der Waals surface area contributed by atoms with Crippen LogP contribution in [0.25, 0.3) is 21.7 Å². The van der Waals surface area contributed by atoms with Gasteiger partial charge in [-0.25, -0.2) is 18.4 Å². The van der Waals surface area contributed by atoms with Crippen molar-refractivity contribution in [2.45, 2.75) is 43.6 Å². The van der Waals surface area contributed by atoms with E-state index in [1.54, 1.807) is 0 Å². The Morgan fingerprint density at radius 1 is 1.07 bits per heavy atom. The van der Waals surface area contributed by atoms with Crippen LogP contribution in [0.15, 0.2) is 36.5 Å². The molecular weight excluding hydrogens is 626 g/mol. The maximum atomic E-state index is 14.2. The van der Waals surface area contributed by atoms with Gasteiger partial charge in [-0.15, -0.1) is 0 Å². The molecule has 0 aliphatic carbocycles. The summed E-state index contributed by atoms with van der Waals surface area (Å²) in [6.45, 7) is 8.07. The van der Waals surface area contributed by atoms with Gasteiger partial charge in [-0.1, -0.05) is 29.8 Å². The maximum absolute atomic E-state index is 14.2. The molecule has 3 heterocycles. The summed E-state index contributed by atoms with van der Waals surface area (Å²) >= 11 is 11.6. The van der Waals surface area contributed by atoms with E-state index in [9.17, 15) is 37.3 Å². The molecule has 0 radical (unpaired) electrons. The SMILES string of the molecule is [C-]#[N+]c1nn([C@@H]2C(O)[C@H](c3nc(C)nn3-c3cc(Cl)ccc3C(F)(F)F)OC(CO)[C@@H]2O)cc1-c1cc(F)c(Cl)c(F)c1. The highest BCUT2D eigenvalue weighted by Crippen LogP contribution is 2.42. The van der Waals surface area contributed by atoms with Gasteiger partial charge < -0.3 is 24.9 Å². The van der Waals surface area contributed by atoms with Crippen LogP contribution in [0.1, 0.15) is 29.4 Å². The number of aromatic nitrogens is 5. The molecule has 3 N–H and O–H groups in total. The molecule has 1 aliphatic heterocycles. The molecule has 43 heavy (non-hydrogen) atoms. The Kier molecular flexibility index (Phi) is 8.20. The Morgan fingerprint density at radius 2 is 1.74 bits per heavy atom. The minimum atomic E-state index is -4.84. The van der Waals surface area contributed by atoms with Crippen LogP contribution in [0.2, 0.25) is 10.0 Å².